The van der Waals surface area contributed by atoms with E-state index in [1.807, 2.05) is 6.92 Å². The summed E-state index contributed by atoms with van der Waals surface area (Å²) >= 11 is 0. The lowest BCUT2D eigenvalue weighted by Gasteiger charge is -2.33. The minimum Gasteiger partial charge on any atom is -0.506 e. The van der Waals surface area contributed by atoms with Crippen LogP contribution in [0.25, 0.3) is 11.5 Å². The second kappa shape index (κ2) is 5.79. The molecule has 1 N–H and O–H groups in total. The summed E-state index contributed by atoms with van der Waals surface area (Å²) in [6, 6.07) is 1.53. The van der Waals surface area contributed by atoms with Gasteiger partial charge in [-0.05, 0) is 13.0 Å². The number of hydrogen-bond acceptors (Lipinski definition) is 7. The first-order valence-electron chi connectivity index (χ1n) is 6.94. The average Bonchev–Trinajstić information content (AvgIpc) is 2.99. The molecule has 2 aromatic rings. The molecule has 0 saturated carbocycles. The molecule has 3 heterocycles. The number of rotatable bonds is 4. The number of aromatic nitrogens is 3. The van der Waals surface area contributed by atoms with Crippen LogP contribution in [-0.4, -0.2) is 40.1 Å². The van der Waals surface area contributed by atoms with E-state index in [1.54, 1.807) is 6.20 Å². The van der Waals surface area contributed by atoms with Crippen molar-refractivity contribution in [1.29, 1.82) is 0 Å². The number of ether oxygens (including phenoxy) is 2. The number of aromatic hydroxyl groups is 1. The molecular weight excluding hydrogens is 274 g/mol. The molecule has 2 aromatic heterocycles. The summed E-state index contributed by atoms with van der Waals surface area (Å²) in [6.07, 6.45) is 4.30. The summed E-state index contributed by atoms with van der Waals surface area (Å²) in [5.74, 6) is 0.891. The highest BCUT2D eigenvalue weighted by Gasteiger charge is 2.40. The molecule has 0 bridgehead atoms. The summed E-state index contributed by atoms with van der Waals surface area (Å²) < 4.78 is 16.6. The van der Waals surface area contributed by atoms with Gasteiger partial charge in [-0.3, -0.25) is 4.98 Å². The fourth-order valence-corrected chi connectivity index (χ4v) is 2.48. The molecule has 1 aliphatic rings. The molecule has 0 unspecified atom stereocenters. The molecule has 1 fully saturated rings. The van der Waals surface area contributed by atoms with Crippen molar-refractivity contribution in [1.82, 2.24) is 15.1 Å². The Hall–Kier alpha value is -1.99. The third-order valence-corrected chi connectivity index (χ3v) is 3.53. The lowest BCUT2D eigenvalue weighted by Crippen LogP contribution is -2.37. The predicted octanol–water partition coefficient (Wildman–Crippen LogP) is 1.88. The topological polar surface area (TPSA) is 90.5 Å². The number of hydrogen-bond donors (Lipinski definition) is 1. The first kappa shape index (κ1) is 14.0. The zero-order chi connectivity index (χ0) is 14.7. The fourth-order valence-electron chi connectivity index (χ4n) is 2.48. The van der Waals surface area contributed by atoms with Gasteiger partial charge in [-0.15, -0.1) is 0 Å². The molecule has 7 heteroatoms. The number of nitrogens with zero attached hydrogens (tertiary/aromatic N) is 3. The second-order valence-electron chi connectivity index (χ2n) is 4.89. The maximum Gasteiger partial charge on any atom is 0.259 e. The van der Waals surface area contributed by atoms with Crippen molar-refractivity contribution in [3.8, 4) is 17.2 Å². The minimum absolute atomic E-state index is 0.0536. The lowest BCUT2D eigenvalue weighted by molar-refractivity contribution is -0.118. The highest BCUT2D eigenvalue weighted by molar-refractivity contribution is 5.53. The van der Waals surface area contributed by atoms with Crippen LogP contribution in [0.1, 0.15) is 25.6 Å². The first-order chi connectivity index (χ1) is 10.2. The van der Waals surface area contributed by atoms with Gasteiger partial charge in [-0.2, -0.15) is 4.98 Å². The highest BCUT2D eigenvalue weighted by atomic mass is 16.5. The van der Waals surface area contributed by atoms with Gasteiger partial charge in [0.15, 0.2) is 0 Å². The molecule has 0 spiro atoms. The Bertz CT molecular complexity index is 602. The maximum atomic E-state index is 9.47. The van der Waals surface area contributed by atoms with Crippen LogP contribution in [0.2, 0.25) is 0 Å². The van der Waals surface area contributed by atoms with Gasteiger partial charge in [0.2, 0.25) is 5.82 Å². The third kappa shape index (κ3) is 2.74. The van der Waals surface area contributed by atoms with Crippen molar-refractivity contribution < 1.29 is 19.1 Å². The molecule has 0 atom stereocenters. The van der Waals surface area contributed by atoms with E-state index in [2.05, 4.69) is 15.1 Å². The van der Waals surface area contributed by atoms with E-state index in [-0.39, 0.29) is 5.75 Å². The molecule has 1 saturated heterocycles. The minimum atomic E-state index is -0.557. The van der Waals surface area contributed by atoms with Crippen LogP contribution in [-0.2, 0) is 15.1 Å². The second-order valence-corrected chi connectivity index (χ2v) is 4.89. The van der Waals surface area contributed by atoms with Crippen LogP contribution >= 0.6 is 0 Å². The Morgan fingerprint density at radius 1 is 1.33 bits per heavy atom. The van der Waals surface area contributed by atoms with E-state index < -0.39 is 5.60 Å². The van der Waals surface area contributed by atoms with Crippen LogP contribution < -0.4 is 0 Å². The standard InChI is InChI=1S/C14H17N3O4/c1-2-20-14(3-5-19-6-4-14)13-16-12(21-17-13)10-7-11(18)9-15-8-10/h7-9,18H,2-6H2,1H3. The van der Waals surface area contributed by atoms with E-state index in [0.29, 0.717) is 49.9 Å². The summed E-state index contributed by atoms with van der Waals surface area (Å²) in [5.41, 5.74) is 0.0198. The number of pyridine rings is 1. The van der Waals surface area contributed by atoms with Crippen LogP contribution in [0.5, 0.6) is 5.75 Å². The zero-order valence-electron chi connectivity index (χ0n) is 11.8. The summed E-state index contributed by atoms with van der Waals surface area (Å²) in [7, 11) is 0. The van der Waals surface area contributed by atoms with Crippen molar-refractivity contribution in [3.05, 3.63) is 24.3 Å². The molecular formula is C14H17N3O4. The van der Waals surface area contributed by atoms with Gasteiger partial charge in [0.25, 0.3) is 5.89 Å². The predicted molar refractivity (Wildman–Crippen MR) is 72.6 cm³/mol. The van der Waals surface area contributed by atoms with E-state index in [1.165, 1.54) is 12.3 Å². The average molecular weight is 291 g/mol. The van der Waals surface area contributed by atoms with Crippen LogP contribution in [0.4, 0.5) is 0 Å². The first-order valence-corrected chi connectivity index (χ1v) is 6.94. The van der Waals surface area contributed by atoms with Crippen molar-refractivity contribution in [2.75, 3.05) is 19.8 Å². The molecule has 1 aliphatic heterocycles. The van der Waals surface area contributed by atoms with Gasteiger partial charge in [-0.1, -0.05) is 5.16 Å². The van der Waals surface area contributed by atoms with Gasteiger partial charge in [0.1, 0.15) is 11.4 Å². The SMILES string of the molecule is CCOC1(c2noc(-c3cncc(O)c3)n2)CCOCC1. The fraction of sp³-hybridized carbons (Fsp3) is 0.500. The Labute approximate surface area is 121 Å². The summed E-state index contributed by atoms with van der Waals surface area (Å²) in [5, 5.41) is 13.5. The molecule has 7 nitrogen and oxygen atoms in total. The van der Waals surface area contributed by atoms with Gasteiger partial charge >= 0.3 is 0 Å². The molecule has 112 valence electrons. The smallest absolute Gasteiger partial charge is 0.259 e. The molecule has 0 radical (unpaired) electrons. The van der Waals surface area contributed by atoms with Gasteiger partial charge in [-0.25, -0.2) is 0 Å². The summed E-state index contributed by atoms with van der Waals surface area (Å²) in [6.45, 7) is 3.73. The van der Waals surface area contributed by atoms with Crippen molar-refractivity contribution in [2.45, 2.75) is 25.4 Å². The molecule has 0 aliphatic carbocycles. The quantitative estimate of drug-likeness (QED) is 0.919. The normalized spacial score (nSPS) is 17.8. The maximum absolute atomic E-state index is 9.47. The van der Waals surface area contributed by atoms with Gasteiger partial charge in [0, 0.05) is 38.9 Å². The molecule has 21 heavy (non-hydrogen) atoms. The third-order valence-electron chi connectivity index (χ3n) is 3.53. The van der Waals surface area contributed by atoms with Crippen LogP contribution in [0.3, 0.4) is 0 Å². The monoisotopic (exact) mass is 291 g/mol. The van der Waals surface area contributed by atoms with Crippen molar-refractivity contribution in [3.63, 3.8) is 0 Å². The molecule has 3 rings (SSSR count). The Balaban J connectivity index is 1.92. The van der Waals surface area contributed by atoms with E-state index in [4.69, 9.17) is 14.0 Å². The van der Waals surface area contributed by atoms with Crippen LogP contribution in [0, 0.1) is 0 Å². The Morgan fingerprint density at radius 3 is 2.86 bits per heavy atom. The van der Waals surface area contributed by atoms with Gasteiger partial charge < -0.3 is 19.1 Å². The highest BCUT2D eigenvalue weighted by Crippen LogP contribution is 2.35. The molecule has 0 amide bonds. The Kier molecular flexibility index (Phi) is 3.85. The largest absolute Gasteiger partial charge is 0.506 e. The zero-order valence-corrected chi connectivity index (χ0v) is 11.8. The van der Waals surface area contributed by atoms with Crippen molar-refractivity contribution >= 4 is 0 Å². The van der Waals surface area contributed by atoms with Crippen LogP contribution in [0.15, 0.2) is 23.0 Å². The summed E-state index contributed by atoms with van der Waals surface area (Å²) in [4.78, 5) is 8.33. The van der Waals surface area contributed by atoms with E-state index in [0.717, 1.165) is 0 Å². The van der Waals surface area contributed by atoms with E-state index in [9.17, 15) is 5.11 Å². The van der Waals surface area contributed by atoms with E-state index >= 15 is 0 Å². The van der Waals surface area contributed by atoms with Crippen molar-refractivity contribution in [2.24, 2.45) is 0 Å². The lowest BCUT2D eigenvalue weighted by atomic mass is 9.93. The van der Waals surface area contributed by atoms with Gasteiger partial charge in [0.05, 0.1) is 11.8 Å². The Morgan fingerprint density at radius 2 is 2.14 bits per heavy atom. The molecule has 0 aromatic carbocycles.